The van der Waals surface area contributed by atoms with Crippen molar-refractivity contribution in [3.05, 3.63) is 224 Å². The quantitative estimate of drug-likeness (QED) is 0.0103. The molecule has 2 aliphatic rings. The normalized spacial score (nSPS) is 21.6. The number of azide groups is 2. The fraction of sp³-hybridized carbons (Fsp3) is 0.316. The van der Waals surface area contributed by atoms with Crippen LogP contribution >= 0.6 is 0 Å². The number of aromatic nitrogens is 6. The van der Waals surface area contributed by atoms with Gasteiger partial charge in [-0.15, -0.1) is 10.2 Å². The molecular weight excluding hydrogens is 1100 g/mol. The number of hydrogen-bond acceptors (Lipinski definition) is 21. The van der Waals surface area contributed by atoms with Crippen LogP contribution in [0.5, 0.6) is 0 Å². The molecule has 7 aromatic rings. The minimum absolute atomic E-state index is 0.134. The topological polar surface area (TPSA) is 337 Å². The monoisotopic (exact) mass is 1160 g/mol. The Morgan fingerprint density at radius 2 is 0.800 bits per heavy atom. The van der Waals surface area contributed by atoms with Gasteiger partial charge < -0.3 is 47.4 Å². The molecule has 28 heteroatoms. The summed E-state index contributed by atoms with van der Waals surface area (Å²) in [7, 11) is 6.66. The van der Waals surface area contributed by atoms with Gasteiger partial charge in [0.25, 0.3) is 0 Å². The van der Waals surface area contributed by atoms with Crippen LogP contribution in [0.2, 0.25) is 5.82 Å². The maximum absolute atomic E-state index is 13.8. The Bertz CT molecular complexity index is 3430. The maximum atomic E-state index is 13.8. The molecule has 0 saturated carbocycles. The molecule has 85 heavy (non-hydrogen) atoms. The van der Waals surface area contributed by atoms with E-state index in [0.29, 0.717) is 11.4 Å². The van der Waals surface area contributed by atoms with E-state index in [1.807, 2.05) is 0 Å². The average molecular weight is 1160 g/mol. The van der Waals surface area contributed by atoms with Crippen LogP contribution in [0.3, 0.4) is 0 Å². The van der Waals surface area contributed by atoms with Crippen molar-refractivity contribution in [1.82, 2.24) is 30.0 Å². The molecule has 0 N–H and O–H groups in total. The van der Waals surface area contributed by atoms with Gasteiger partial charge in [0, 0.05) is 15.6 Å². The molecule has 0 bridgehead atoms. The predicted molar refractivity (Wildman–Crippen MR) is 294 cm³/mol. The van der Waals surface area contributed by atoms with E-state index in [1.54, 1.807) is 128 Å². The second-order valence-electron chi connectivity index (χ2n) is 18.9. The first-order valence-electron chi connectivity index (χ1n) is 26.5. The van der Waals surface area contributed by atoms with E-state index in [-0.39, 0.29) is 73.9 Å². The second-order valence-corrected chi connectivity index (χ2v) is 18.9. The van der Waals surface area contributed by atoms with Gasteiger partial charge in [-0.05, 0) is 71.7 Å². The first-order valence-corrected chi connectivity index (χ1v) is 26.5. The van der Waals surface area contributed by atoms with Crippen molar-refractivity contribution in [1.29, 1.82) is 0 Å². The summed E-state index contributed by atoms with van der Waals surface area (Å²) in [5.41, 5.74) is 20.1. The highest BCUT2D eigenvalue weighted by Crippen LogP contribution is 2.36. The number of benzene rings is 5. The molecule has 0 amide bonds. The van der Waals surface area contributed by atoms with Crippen molar-refractivity contribution in [3.8, 4) is 0 Å². The van der Waals surface area contributed by atoms with Crippen molar-refractivity contribution < 1.29 is 71.3 Å². The van der Waals surface area contributed by atoms with Crippen LogP contribution in [-0.2, 0) is 73.7 Å². The molecule has 2 aromatic heterocycles. The van der Waals surface area contributed by atoms with Crippen LogP contribution in [0.25, 0.3) is 20.9 Å². The Hall–Kier alpha value is -9.79. The molecule has 2 fully saturated rings. The molecule has 4 heterocycles. The molecule has 0 unspecified atom stereocenters. The van der Waals surface area contributed by atoms with Crippen molar-refractivity contribution >= 4 is 37.7 Å². The van der Waals surface area contributed by atoms with Gasteiger partial charge in [-0.3, -0.25) is 0 Å². The third kappa shape index (κ3) is 16.3. The van der Waals surface area contributed by atoms with Gasteiger partial charge in [-0.25, -0.2) is 33.3 Å². The highest BCUT2D eigenvalue weighted by Gasteiger charge is 2.53. The number of nitrogens with zero attached hydrogens (tertiary/aromatic N) is 12. The minimum atomic E-state index is -1.58. The molecule has 0 aliphatic carbocycles. The van der Waals surface area contributed by atoms with Gasteiger partial charge in [-0.1, -0.05) is 112 Å². The Labute approximate surface area is 485 Å². The summed E-state index contributed by atoms with van der Waals surface area (Å²) in [4.78, 5) is 73.6. The summed E-state index contributed by atoms with van der Waals surface area (Å²) >= 11 is 0. The fourth-order valence-corrected chi connectivity index (χ4v) is 8.92. The van der Waals surface area contributed by atoms with E-state index in [4.69, 9.17) is 55.2 Å². The van der Waals surface area contributed by atoms with E-state index in [0.717, 1.165) is 0 Å². The van der Waals surface area contributed by atoms with Crippen LogP contribution in [-0.4, -0.2) is 149 Å². The van der Waals surface area contributed by atoms with Crippen LogP contribution in [0, 0.1) is 0 Å². The van der Waals surface area contributed by atoms with Crippen molar-refractivity contribution in [2.45, 2.75) is 87.4 Å². The maximum Gasteiger partial charge on any atom is 0.338 e. The third-order valence-electron chi connectivity index (χ3n) is 13.1. The third-order valence-corrected chi connectivity index (χ3v) is 13.1. The lowest BCUT2D eigenvalue weighted by molar-refractivity contribution is -0.295. The first-order chi connectivity index (χ1) is 41.5. The second kappa shape index (κ2) is 30.0. The van der Waals surface area contributed by atoms with E-state index in [1.165, 1.54) is 45.8 Å². The Balaban J connectivity index is 0.810. The molecule has 10 atom stereocenters. The molecule has 5 aromatic carbocycles. The van der Waals surface area contributed by atoms with Crippen molar-refractivity contribution in [2.75, 3.05) is 26.3 Å². The summed E-state index contributed by atoms with van der Waals surface area (Å²) in [5.74, 6) is -5.24. The SMILES string of the molecule is [B][C@@H]1[C@@H](OCc2cn(CCOCCn3cc(CO[C@H]4O[C@H](CN=[N+]=[N-])[C@@H](OC(=O)c5ccccc5)[C@H](OC(=O)c5ccccc5)[C@@H]4OC(=O)c4ccccc4)nn3)nn2)O[C@H](CN=[N+]=[N-])[C@@H](OC(=O)c2ccccc2)[C@@H]1OC(=O)c1ccccc1. The summed E-state index contributed by atoms with van der Waals surface area (Å²) in [6, 6.07) is 40.3. The lowest BCUT2D eigenvalue weighted by Crippen LogP contribution is -2.62. The number of ether oxygens (including phenoxy) is 10. The highest BCUT2D eigenvalue weighted by atomic mass is 16.7. The number of carbonyl (C=O) groups is 5. The average Bonchev–Trinajstić information content (AvgIpc) is 2.76. The Kier molecular flexibility index (Phi) is 21.1. The Morgan fingerprint density at radius 3 is 1.19 bits per heavy atom. The molecule has 434 valence electrons. The smallest absolute Gasteiger partial charge is 0.338 e. The lowest BCUT2D eigenvalue weighted by atomic mass is 9.76. The summed E-state index contributed by atoms with van der Waals surface area (Å²) < 4.78 is 63.5. The number of hydrogen-bond donors (Lipinski definition) is 0. The molecule has 2 saturated heterocycles. The van der Waals surface area contributed by atoms with E-state index < -0.39 is 97.5 Å². The Morgan fingerprint density at radius 1 is 0.471 bits per heavy atom. The zero-order valence-electron chi connectivity index (χ0n) is 45.1. The molecule has 2 radical (unpaired) electrons. The van der Waals surface area contributed by atoms with E-state index in [9.17, 15) is 35.0 Å². The minimum Gasteiger partial charge on any atom is -0.455 e. The number of rotatable bonds is 26. The summed E-state index contributed by atoms with van der Waals surface area (Å²) in [6.45, 7) is -0.311. The van der Waals surface area contributed by atoms with E-state index >= 15 is 0 Å². The largest absolute Gasteiger partial charge is 0.455 e. The molecule has 0 spiro atoms. The molecular formula is C57H53BN12O15. The zero-order valence-corrected chi connectivity index (χ0v) is 45.1. The van der Waals surface area contributed by atoms with E-state index in [2.05, 4.69) is 40.7 Å². The fourth-order valence-electron chi connectivity index (χ4n) is 8.92. The molecule has 27 nitrogen and oxygen atoms in total. The lowest BCUT2D eigenvalue weighted by Gasteiger charge is -2.44. The standard InChI is InChI=1S/C57H53BN12O15/c58-45-48(83-53(73)38-20-10-3-11-21-38)46(81-51(71)36-16-6-1-7-17-36)43(30-61-65-59)79-56(45)77-34-41-32-69(67-63-41)26-28-76-29-27-70-33-42(64-68-70)35-78-57-50(85-55(75)40-24-14-5-15-25-40)49(84-54(74)39-22-12-4-13-23-39)47(44(80-57)31-62-66-60)82-52(72)37-18-8-2-9-19-37/h1-25,32-33,43-50,56-57H,26-31,34-35H2/t43-,44-,45+,46-,47-,48-,49+,50+,56+,57+/m1/s1. The van der Waals surface area contributed by atoms with Crippen molar-refractivity contribution in [2.24, 2.45) is 10.2 Å². The first kappa shape index (κ1) is 59.8. The van der Waals surface area contributed by atoms with Gasteiger partial charge in [0.15, 0.2) is 37.0 Å². The van der Waals surface area contributed by atoms with Crippen LogP contribution in [0.15, 0.2) is 174 Å². The van der Waals surface area contributed by atoms with Gasteiger partial charge in [0.05, 0.1) is 101 Å². The number of esters is 5. The highest BCUT2D eigenvalue weighted by molar-refractivity contribution is 6.12. The van der Waals surface area contributed by atoms with Gasteiger partial charge >= 0.3 is 29.8 Å². The van der Waals surface area contributed by atoms with Crippen LogP contribution in [0.1, 0.15) is 63.2 Å². The van der Waals surface area contributed by atoms with Gasteiger partial charge in [0.2, 0.25) is 0 Å². The van der Waals surface area contributed by atoms with Crippen LogP contribution < -0.4 is 0 Å². The zero-order chi connectivity index (χ0) is 59.3. The summed E-state index contributed by atoms with van der Waals surface area (Å²) in [5, 5.41) is 24.1. The van der Waals surface area contributed by atoms with Crippen LogP contribution in [0.4, 0.5) is 0 Å². The number of carbonyl (C=O) groups excluding carboxylic acids is 5. The molecule has 9 rings (SSSR count). The van der Waals surface area contributed by atoms with Gasteiger partial charge in [-0.2, -0.15) is 0 Å². The van der Waals surface area contributed by atoms with Gasteiger partial charge in [0.1, 0.15) is 29.7 Å². The molecule has 2 aliphatic heterocycles. The van der Waals surface area contributed by atoms with Crippen molar-refractivity contribution in [3.63, 3.8) is 0 Å². The predicted octanol–water partition coefficient (Wildman–Crippen LogP) is 6.78. The summed E-state index contributed by atoms with van der Waals surface area (Å²) in [6.07, 6.45) is -9.33.